The molecule has 0 bridgehead atoms. The van der Waals surface area contributed by atoms with E-state index in [9.17, 15) is 4.79 Å². The Morgan fingerprint density at radius 2 is 2.17 bits per heavy atom. The molecule has 1 aromatic heterocycles. The van der Waals surface area contributed by atoms with Crippen LogP contribution in [0.3, 0.4) is 0 Å². The fraction of sp³-hybridized carbons (Fsp3) is 0.538. The van der Waals surface area contributed by atoms with E-state index in [1.807, 2.05) is 21.0 Å². The number of nitrogens with zero attached hydrogens (tertiary/aromatic N) is 2. The number of carboxylic acid groups (broad SMARTS) is 1. The maximum atomic E-state index is 11.0. The summed E-state index contributed by atoms with van der Waals surface area (Å²) in [5, 5.41) is 12.2. The number of rotatable bonds is 7. The van der Waals surface area contributed by atoms with Crippen molar-refractivity contribution in [2.75, 3.05) is 32.5 Å². The molecule has 0 amide bonds. The Bertz CT molecular complexity index is 405. The maximum Gasteiger partial charge on any atom is 0.335 e. The highest BCUT2D eigenvalue weighted by Gasteiger charge is 2.08. The van der Waals surface area contributed by atoms with Crippen LogP contribution < -0.4 is 5.32 Å². The van der Waals surface area contributed by atoms with Crippen LogP contribution in [0.2, 0.25) is 0 Å². The first-order valence-corrected chi connectivity index (χ1v) is 6.15. The molecule has 18 heavy (non-hydrogen) atoms. The van der Waals surface area contributed by atoms with Crippen molar-refractivity contribution in [1.29, 1.82) is 0 Å². The Morgan fingerprint density at radius 1 is 1.44 bits per heavy atom. The van der Waals surface area contributed by atoms with Gasteiger partial charge in [-0.2, -0.15) is 0 Å². The molecule has 1 aromatic rings. The van der Waals surface area contributed by atoms with Crippen molar-refractivity contribution in [3.63, 3.8) is 0 Å². The molecule has 0 aliphatic heterocycles. The van der Waals surface area contributed by atoms with E-state index >= 15 is 0 Å². The van der Waals surface area contributed by atoms with Crippen molar-refractivity contribution in [3.8, 4) is 0 Å². The Kier molecular flexibility index (Phi) is 5.58. The molecule has 0 atom stereocenters. The topological polar surface area (TPSA) is 65.5 Å². The summed E-state index contributed by atoms with van der Waals surface area (Å²) in [6, 6.07) is 3.22. The molecule has 0 radical (unpaired) electrons. The molecule has 0 aliphatic rings. The number of carbonyl (C=O) groups is 1. The maximum absolute atomic E-state index is 11.0. The van der Waals surface area contributed by atoms with Gasteiger partial charge in [0.15, 0.2) is 0 Å². The Labute approximate surface area is 108 Å². The third-order valence-corrected chi connectivity index (χ3v) is 2.50. The standard InChI is InChI=1S/C13H21N3O2/c1-4-5-11-8-10(13(17)18)9-12(15-11)14-6-7-16(2)3/h8-9H,4-7H2,1-3H3,(H,14,15)(H,17,18). The first-order valence-electron chi connectivity index (χ1n) is 6.15. The highest BCUT2D eigenvalue weighted by molar-refractivity contribution is 5.88. The van der Waals surface area contributed by atoms with Gasteiger partial charge in [0.2, 0.25) is 0 Å². The molecule has 0 unspecified atom stereocenters. The first kappa shape index (κ1) is 14.4. The molecule has 1 rings (SSSR count). The smallest absolute Gasteiger partial charge is 0.335 e. The molecule has 5 nitrogen and oxygen atoms in total. The molecule has 5 heteroatoms. The number of nitrogens with one attached hydrogen (secondary N) is 1. The minimum atomic E-state index is -0.912. The summed E-state index contributed by atoms with van der Waals surface area (Å²) in [7, 11) is 3.98. The molecule has 0 saturated heterocycles. The molecular weight excluding hydrogens is 230 g/mol. The third kappa shape index (κ3) is 4.71. The highest BCUT2D eigenvalue weighted by Crippen LogP contribution is 2.12. The molecule has 0 spiro atoms. The lowest BCUT2D eigenvalue weighted by Crippen LogP contribution is -2.21. The summed E-state index contributed by atoms with van der Waals surface area (Å²) in [5.74, 6) is -0.273. The Hall–Kier alpha value is -1.62. The number of anilines is 1. The number of aromatic nitrogens is 1. The molecular formula is C13H21N3O2. The van der Waals surface area contributed by atoms with Crippen molar-refractivity contribution < 1.29 is 9.90 Å². The lowest BCUT2D eigenvalue weighted by molar-refractivity contribution is 0.0696. The van der Waals surface area contributed by atoms with Gasteiger partial charge < -0.3 is 15.3 Å². The average molecular weight is 251 g/mol. The van der Waals surface area contributed by atoms with Gasteiger partial charge in [0.1, 0.15) is 5.82 Å². The summed E-state index contributed by atoms with van der Waals surface area (Å²) in [4.78, 5) is 17.5. The zero-order chi connectivity index (χ0) is 13.5. The Balaban J connectivity index is 2.79. The largest absolute Gasteiger partial charge is 0.478 e. The fourth-order valence-electron chi connectivity index (χ4n) is 1.59. The molecule has 0 fully saturated rings. The quantitative estimate of drug-likeness (QED) is 0.772. The van der Waals surface area contributed by atoms with E-state index in [0.717, 1.165) is 31.6 Å². The van der Waals surface area contributed by atoms with Crippen LogP contribution in [0.25, 0.3) is 0 Å². The van der Waals surface area contributed by atoms with E-state index < -0.39 is 5.97 Å². The summed E-state index contributed by atoms with van der Waals surface area (Å²) in [6.45, 7) is 3.67. The molecule has 100 valence electrons. The van der Waals surface area contributed by atoms with Crippen LogP contribution in [-0.4, -0.2) is 48.1 Å². The summed E-state index contributed by atoms with van der Waals surface area (Å²) < 4.78 is 0. The lowest BCUT2D eigenvalue weighted by Gasteiger charge is -2.12. The average Bonchev–Trinajstić information content (AvgIpc) is 2.28. The fourth-order valence-corrected chi connectivity index (χ4v) is 1.59. The van der Waals surface area contributed by atoms with Gasteiger partial charge in [-0.1, -0.05) is 13.3 Å². The first-order chi connectivity index (χ1) is 8.52. The van der Waals surface area contributed by atoms with Crippen LogP contribution in [0.4, 0.5) is 5.82 Å². The Morgan fingerprint density at radius 3 is 2.72 bits per heavy atom. The number of hydrogen-bond donors (Lipinski definition) is 2. The monoisotopic (exact) mass is 251 g/mol. The van der Waals surface area contributed by atoms with Gasteiger partial charge in [0.25, 0.3) is 0 Å². The van der Waals surface area contributed by atoms with Gasteiger partial charge in [-0.25, -0.2) is 9.78 Å². The van der Waals surface area contributed by atoms with Crippen molar-refractivity contribution in [3.05, 3.63) is 23.4 Å². The second-order valence-corrected chi connectivity index (χ2v) is 4.52. The summed E-state index contributed by atoms with van der Waals surface area (Å²) in [5.41, 5.74) is 1.12. The van der Waals surface area contributed by atoms with Gasteiger partial charge in [-0.05, 0) is 32.6 Å². The van der Waals surface area contributed by atoms with Crippen molar-refractivity contribution in [1.82, 2.24) is 9.88 Å². The van der Waals surface area contributed by atoms with Crippen LogP contribution in [-0.2, 0) is 6.42 Å². The number of carboxylic acids is 1. The van der Waals surface area contributed by atoms with Gasteiger partial charge in [0, 0.05) is 18.8 Å². The number of hydrogen-bond acceptors (Lipinski definition) is 4. The van der Waals surface area contributed by atoms with Crippen LogP contribution in [0, 0.1) is 0 Å². The van der Waals surface area contributed by atoms with Gasteiger partial charge in [-0.15, -0.1) is 0 Å². The molecule has 0 saturated carbocycles. The number of likely N-dealkylation sites (N-methyl/N-ethyl adjacent to an activating group) is 1. The van der Waals surface area contributed by atoms with Crippen LogP contribution in [0.1, 0.15) is 29.4 Å². The van der Waals surface area contributed by atoms with Crippen LogP contribution in [0.5, 0.6) is 0 Å². The number of aryl methyl sites for hydroxylation is 1. The van der Waals surface area contributed by atoms with E-state index in [-0.39, 0.29) is 0 Å². The highest BCUT2D eigenvalue weighted by atomic mass is 16.4. The van der Waals surface area contributed by atoms with E-state index in [2.05, 4.69) is 15.2 Å². The lowest BCUT2D eigenvalue weighted by atomic mass is 10.1. The van der Waals surface area contributed by atoms with Crippen LogP contribution >= 0.6 is 0 Å². The predicted octanol–water partition coefficient (Wildman–Crippen LogP) is 1.71. The normalized spacial score (nSPS) is 10.7. The zero-order valence-corrected chi connectivity index (χ0v) is 11.2. The van der Waals surface area contributed by atoms with E-state index in [0.29, 0.717) is 11.4 Å². The second kappa shape index (κ2) is 6.96. The van der Waals surface area contributed by atoms with E-state index in [1.54, 1.807) is 12.1 Å². The minimum Gasteiger partial charge on any atom is -0.478 e. The summed E-state index contributed by atoms with van der Waals surface area (Å²) in [6.07, 6.45) is 1.75. The SMILES string of the molecule is CCCc1cc(C(=O)O)cc(NCCN(C)C)n1. The molecule has 2 N–H and O–H groups in total. The molecule has 1 heterocycles. The molecule has 0 aliphatic carbocycles. The van der Waals surface area contributed by atoms with Crippen molar-refractivity contribution >= 4 is 11.8 Å². The van der Waals surface area contributed by atoms with Gasteiger partial charge in [-0.3, -0.25) is 0 Å². The van der Waals surface area contributed by atoms with Crippen molar-refractivity contribution in [2.45, 2.75) is 19.8 Å². The van der Waals surface area contributed by atoms with Gasteiger partial charge in [0.05, 0.1) is 5.56 Å². The second-order valence-electron chi connectivity index (χ2n) is 4.52. The van der Waals surface area contributed by atoms with Crippen LogP contribution in [0.15, 0.2) is 12.1 Å². The number of pyridine rings is 1. The third-order valence-electron chi connectivity index (χ3n) is 2.50. The zero-order valence-electron chi connectivity index (χ0n) is 11.2. The van der Waals surface area contributed by atoms with Crippen molar-refractivity contribution in [2.24, 2.45) is 0 Å². The minimum absolute atomic E-state index is 0.292. The molecule has 0 aromatic carbocycles. The predicted molar refractivity (Wildman–Crippen MR) is 72.2 cm³/mol. The number of aromatic carboxylic acids is 1. The van der Waals surface area contributed by atoms with E-state index in [1.165, 1.54) is 0 Å². The van der Waals surface area contributed by atoms with Gasteiger partial charge >= 0.3 is 5.97 Å². The summed E-state index contributed by atoms with van der Waals surface area (Å²) >= 11 is 0. The van der Waals surface area contributed by atoms with E-state index in [4.69, 9.17) is 5.11 Å².